The van der Waals surface area contributed by atoms with Crippen LogP contribution in [0.2, 0.25) is 0 Å². The maximum atomic E-state index is 12.1. The standard InChI is InChI=1S/C18H18O6/c1-21-10-11-23-17(19)14-4-3-5-16(12-14)24-18(20)13-6-8-15(22-2)9-7-13/h3-9,12H,10-11H2,1-2H3. The van der Waals surface area contributed by atoms with Crippen LogP contribution in [-0.2, 0) is 9.47 Å². The van der Waals surface area contributed by atoms with E-state index in [0.29, 0.717) is 23.5 Å². The SMILES string of the molecule is COCCOC(=O)c1cccc(OC(=O)c2ccc(OC)cc2)c1. The quantitative estimate of drug-likeness (QED) is 0.442. The Morgan fingerprint density at radius 1 is 0.833 bits per heavy atom. The molecule has 0 atom stereocenters. The van der Waals surface area contributed by atoms with Crippen molar-refractivity contribution in [3.63, 3.8) is 0 Å². The van der Waals surface area contributed by atoms with Gasteiger partial charge in [-0.3, -0.25) is 0 Å². The molecule has 2 rings (SSSR count). The molecule has 0 unspecified atom stereocenters. The third kappa shape index (κ3) is 4.82. The van der Waals surface area contributed by atoms with Crippen molar-refractivity contribution in [3.05, 3.63) is 59.7 Å². The molecule has 0 fully saturated rings. The van der Waals surface area contributed by atoms with Gasteiger partial charge in [0.05, 0.1) is 24.8 Å². The molecule has 0 bridgehead atoms. The minimum absolute atomic E-state index is 0.158. The maximum Gasteiger partial charge on any atom is 0.343 e. The molecule has 6 nitrogen and oxygen atoms in total. The number of esters is 2. The first kappa shape index (κ1) is 17.5. The van der Waals surface area contributed by atoms with Gasteiger partial charge in [0.2, 0.25) is 0 Å². The lowest BCUT2D eigenvalue weighted by Gasteiger charge is -2.07. The van der Waals surface area contributed by atoms with E-state index in [9.17, 15) is 9.59 Å². The zero-order valence-corrected chi connectivity index (χ0v) is 13.5. The van der Waals surface area contributed by atoms with Crippen LogP contribution in [-0.4, -0.2) is 39.4 Å². The van der Waals surface area contributed by atoms with Crippen LogP contribution in [0.3, 0.4) is 0 Å². The fourth-order valence-electron chi connectivity index (χ4n) is 1.88. The van der Waals surface area contributed by atoms with E-state index in [2.05, 4.69) is 0 Å². The monoisotopic (exact) mass is 330 g/mol. The van der Waals surface area contributed by atoms with Crippen LogP contribution in [0.25, 0.3) is 0 Å². The summed E-state index contributed by atoms with van der Waals surface area (Å²) in [6.07, 6.45) is 0. The number of benzene rings is 2. The van der Waals surface area contributed by atoms with Crippen molar-refractivity contribution in [2.45, 2.75) is 0 Å². The number of ether oxygens (including phenoxy) is 4. The molecule has 0 saturated carbocycles. The van der Waals surface area contributed by atoms with E-state index in [0.717, 1.165) is 0 Å². The summed E-state index contributed by atoms with van der Waals surface area (Å²) >= 11 is 0. The molecule has 2 aromatic carbocycles. The molecule has 0 aliphatic heterocycles. The second kappa shape index (κ2) is 8.69. The van der Waals surface area contributed by atoms with Gasteiger partial charge in [-0.25, -0.2) is 9.59 Å². The van der Waals surface area contributed by atoms with E-state index in [1.165, 1.54) is 13.2 Å². The molecule has 6 heteroatoms. The Bertz CT molecular complexity index is 693. The largest absolute Gasteiger partial charge is 0.497 e. The highest BCUT2D eigenvalue weighted by molar-refractivity contribution is 5.92. The van der Waals surface area contributed by atoms with Crippen molar-refractivity contribution < 1.29 is 28.5 Å². The molecular weight excluding hydrogens is 312 g/mol. The van der Waals surface area contributed by atoms with E-state index in [1.54, 1.807) is 49.6 Å². The minimum Gasteiger partial charge on any atom is -0.497 e. The van der Waals surface area contributed by atoms with Gasteiger partial charge in [-0.2, -0.15) is 0 Å². The van der Waals surface area contributed by atoms with Crippen molar-refractivity contribution in [2.24, 2.45) is 0 Å². The molecule has 0 radical (unpaired) electrons. The van der Waals surface area contributed by atoms with E-state index >= 15 is 0 Å². The highest BCUT2D eigenvalue weighted by Crippen LogP contribution is 2.17. The van der Waals surface area contributed by atoms with E-state index in [1.807, 2.05) is 0 Å². The summed E-state index contributed by atoms with van der Waals surface area (Å²) in [4.78, 5) is 24.0. The van der Waals surface area contributed by atoms with Crippen LogP contribution < -0.4 is 9.47 Å². The number of methoxy groups -OCH3 is 2. The van der Waals surface area contributed by atoms with Crippen molar-refractivity contribution in [2.75, 3.05) is 27.4 Å². The lowest BCUT2D eigenvalue weighted by atomic mass is 10.2. The predicted molar refractivity (Wildman–Crippen MR) is 86.6 cm³/mol. The molecule has 0 aromatic heterocycles. The van der Waals surface area contributed by atoms with E-state index in [-0.39, 0.29) is 12.4 Å². The summed E-state index contributed by atoms with van der Waals surface area (Å²) in [5, 5.41) is 0. The number of hydrogen-bond acceptors (Lipinski definition) is 6. The summed E-state index contributed by atoms with van der Waals surface area (Å²) in [6, 6.07) is 12.8. The minimum atomic E-state index is -0.525. The third-order valence-corrected chi connectivity index (χ3v) is 3.13. The molecule has 0 saturated heterocycles. The Labute approximate surface area is 139 Å². The molecule has 0 amide bonds. The van der Waals surface area contributed by atoms with Gasteiger partial charge in [-0.1, -0.05) is 6.07 Å². The van der Waals surface area contributed by atoms with Crippen LogP contribution >= 0.6 is 0 Å². The van der Waals surface area contributed by atoms with Crippen LogP contribution in [0.15, 0.2) is 48.5 Å². The summed E-state index contributed by atoms with van der Waals surface area (Å²) < 4.78 is 20.2. The summed E-state index contributed by atoms with van der Waals surface area (Å²) in [5.74, 6) is -0.124. The van der Waals surface area contributed by atoms with Crippen LogP contribution in [0.1, 0.15) is 20.7 Å². The van der Waals surface area contributed by atoms with Gasteiger partial charge in [-0.05, 0) is 42.5 Å². The van der Waals surface area contributed by atoms with Crippen LogP contribution in [0.5, 0.6) is 11.5 Å². The fourth-order valence-corrected chi connectivity index (χ4v) is 1.88. The Balaban J connectivity index is 2.02. The van der Waals surface area contributed by atoms with E-state index < -0.39 is 11.9 Å². The second-order valence-electron chi connectivity index (χ2n) is 4.77. The molecule has 0 spiro atoms. The van der Waals surface area contributed by atoms with Crippen molar-refractivity contribution in [1.82, 2.24) is 0 Å². The third-order valence-electron chi connectivity index (χ3n) is 3.13. The number of hydrogen-bond donors (Lipinski definition) is 0. The summed E-state index contributed by atoms with van der Waals surface area (Å²) in [7, 11) is 3.07. The average Bonchev–Trinajstić information content (AvgIpc) is 2.62. The smallest absolute Gasteiger partial charge is 0.343 e. The topological polar surface area (TPSA) is 71.1 Å². The van der Waals surface area contributed by atoms with Gasteiger partial charge < -0.3 is 18.9 Å². The number of rotatable bonds is 7. The Morgan fingerprint density at radius 3 is 2.25 bits per heavy atom. The molecular formula is C18H18O6. The summed E-state index contributed by atoms with van der Waals surface area (Å²) in [6.45, 7) is 0.475. The van der Waals surface area contributed by atoms with Crippen LogP contribution in [0, 0.1) is 0 Å². The first-order chi connectivity index (χ1) is 11.6. The van der Waals surface area contributed by atoms with Gasteiger partial charge in [0, 0.05) is 7.11 Å². The van der Waals surface area contributed by atoms with Gasteiger partial charge in [0.15, 0.2) is 0 Å². The maximum absolute atomic E-state index is 12.1. The Hall–Kier alpha value is -2.86. The molecule has 0 aliphatic rings. The molecule has 126 valence electrons. The van der Waals surface area contributed by atoms with Gasteiger partial charge in [0.1, 0.15) is 18.1 Å². The first-order valence-electron chi connectivity index (χ1n) is 7.26. The molecule has 0 N–H and O–H groups in total. The van der Waals surface area contributed by atoms with Crippen molar-refractivity contribution in [1.29, 1.82) is 0 Å². The lowest BCUT2D eigenvalue weighted by molar-refractivity contribution is 0.0387. The second-order valence-corrected chi connectivity index (χ2v) is 4.77. The average molecular weight is 330 g/mol. The van der Waals surface area contributed by atoms with Crippen LogP contribution in [0.4, 0.5) is 0 Å². The van der Waals surface area contributed by atoms with Gasteiger partial charge in [0.25, 0.3) is 0 Å². The molecule has 0 aliphatic carbocycles. The van der Waals surface area contributed by atoms with Gasteiger partial charge >= 0.3 is 11.9 Å². The highest BCUT2D eigenvalue weighted by Gasteiger charge is 2.12. The predicted octanol–water partition coefficient (Wildman–Crippen LogP) is 2.72. The number of carbonyl (C=O) groups excluding carboxylic acids is 2. The number of carbonyl (C=O) groups is 2. The zero-order valence-electron chi connectivity index (χ0n) is 13.5. The molecule has 0 heterocycles. The zero-order chi connectivity index (χ0) is 17.4. The normalized spacial score (nSPS) is 10.1. The Kier molecular flexibility index (Phi) is 6.33. The Morgan fingerprint density at radius 2 is 1.58 bits per heavy atom. The lowest BCUT2D eigenvalue weighted by Crippen LogP contribution is -2.11. The molecule has 24 heavy (non-hydrogen) atoms. The highest BCUT2D eigenvalue weighted by atomic mass is 16.6. The van der Waals surface area contributed by atoms with E-state index in [4.69, 9.17) is 18.9 Å². The van der Waals surface area contributed by atoms with Crippen molar-refractivity contribution in [3.8, 4) is 11.5 Å². The molecule has 2 aromatic rings. The first-order valence-corrected chi connectivity index (χ1v) is 7.26. The van der Waals surface area contributed by atoms with Crippen molar-refractivity contribution >= 4 is 11.9 Å². The fraction of sp³-hybridized carbons (Fsp3) is 0.222. The summed E-state index contributed by atoms with van der Waals surface area (Å²) in [5.41, 5.74) is 0.676. The van der Waals surface area contributed by atoms with Gasteiger partial charge in [-0.15, -0.1) is 0 Å².